The summed E-state index contributed by atoms with van der Waals surface area (Å²) in [4.78, 5) is 28.7. The Morgan fingerprint density at radius 1 is 1.05 bits per heavy atom. The molecule has 0 radical (unpaired) electrons. The highest BCUT2D eigenvalue weighted by molar-refractivity contribution is 5.60. The molecule has 110 valence electrons. The maximum atomic E-state index is 10.7. The van der Waals surface area contributed by atoms with Crippen molar-refractivity contribution in [3.8, 4) is 0 Å². The fourth-order valence-corrected chi connectivity index (χ4v) is 3.15. The van der Waals surface area contributed by atoms with Gasteiger partial charge in [0.1, 0.15) is 0 Å². The van der Waals surface area contributed by atoms with Gasteiger partial charge >= 0.3 is 0 Å². The third-order valence-corrected chi connectivity index (χ3v) is 4.42. The molecule has 0 N–H and O–H groups in total. The number of hydrogen-bond donors (Lipinski definition) is 0. The largest absolute Gasteiger partial charge is 0.240 e. The molecule has 1 aromatic carbocycles. The lowest BCUT2D eigenvalue weighted by atomic mass is 9.81. The first-order chi connectivity index (χ1) is 10.2. The molecule has 0 atom stereocenters. The number of aliphatic imine (C=N–C) groups is 2. The SMILES string of the molecule is Cc1ccc(C)c(N=C=O)c1CC1CCC(N=C=O)CC1. The Balaban J connectivity index is 2.15. The highest BCUT2D eigenvalue weighted by Crippen LogP contribution is 2.34. The summed E-state index contributed by atoms with van der Waals surface area (Å²) in [6.45, 7) is 4.02. The molecule has 0 unspecified atom stereocenters. The van der Waals surface area contributed by atoms with Gasteiger partial charge in [0, 0.05) is 0 Å². The summed E-state index contributed by atoms with van der Waals surface area (Å²) in [5.41, 5.74) is 4.11. The van der Waals surface area contributed by atoms with Crippen LogP contribution in [0, 0.1) is 19.8 Å². The molecule has 4 heteroatoms. The molecule has 1 fully saturated rings. The molecular formula is C17H20N2O2. The van der Waals surface area contributed by atoms with Crippen LogP contribution in [0.1, 0.15) is 42.4 Å². The highest BCUT2D eigenvalue weighted by atomic mass is 16.1. The molecular weight excluding hydrogens is 264 g/mol. The average Bonchev–Trinajstić information content (AvgIpc) is 2.49. The Kier molecular flexibility index (Phi) is 5.21. The summed E-state index contributed by atoms with van der Waals surface area (Å²) in [6.07, 6.45) is 8.24. The zero-order chi connectivity index (χ0) is 15.2. The van der Waals surface area contributed by atoms with E-state index in [9.17, 15) is 9.59 Å². The number of nitrogens with zero attached hydrogens (tertiary/aromatic N) is 2. The van der Waals surface area contributed by atoms with Gasteiger partial charge in [-0.25, -0.2) is 14.6 Å². The Morgan fingerprint density at radius 2 is 1.71 bits per heavy atom. The van der Waals surface area contributed by atoms with Gasteiger partial charge in [0.2, 0.25) is 12.2 Å². The van der Waals surface area contributed by atoms with Crippen LogP contribution >= 0.6 is 0 Å². The first-order valence-corrected chi connectivity index (χ1v) is 7.39. The lowest BCUT2D eigenvalue weighted by Crippen LogP contribution is -2.19. The van der Waals surface area contributed by atoms with Crippen molar-refractivity contribution in [3.63, 3.8) is 0 Å². The fourth-order valence-electron chi connectivity index (χ4n) is 3.15. The Hall–Kier alpha value is -2.02. The number of carbonyl (C=O) groups excluding carboxylic acids is 2. The maximum Gasteiger partial charge on any atom is 0.240 e. The number of benzene rings is 1. The van der Waals surface area contributed by atoms with Gasteiger partial charge in [-0.2, -0.15) is 4.99 Å². The molecule has 1 aliphatic carbocycles. The molecule has 0 aromatic heterocycles. The average molecular weight is 284 g/mol. The predicted molar refractivity (Wildman–Crippen MR) is 81.3 cm³/mol. The normalized spacial score (nSPS) is 21.2. The van der Waals surface area contributed by atoms with E-state index in [1.54, 1.807) is 12.2 Å². The van der Waals surface area contributed by atoms with Crippen LogP contribution in [0.4, 0.5) is 5.69 Å². The molecule has 2 rings (SSSR count). The summed E-state index contributed by atoms with van der Waals surface area (Å²) in [5.74, 6) is 0.559. The lowest BCUT2D eigenvalue weighted by molar-refractivity contribution is 0.325. The quantitative estimate of drug-likeness (QED) is 0.625. The van der Waals surface area contributed by atoms with Crippen LogP contribution in [-0.4, -0.2) is 18.2 Å². The molecule has 0 spiro atoms. The van der Waals surface area contributed by atoms with Crippen LogP contribution in [0.2, 0.25) is 0 Å². The minimum absolute atomic E-state index is 0.143. The first-order valence-electron chi connectivity index (χ1n) is 7.39. The predicted octanol–water partition coefficient (Wildman–Crippen LogP) is 3.71. The van der Waals surface area contributed by atoms with E-state index in [2.05, 4.69) is 23.0 Å². The Morgan fingerprint density at radius 3 is 2.33 bits per heavy atom. The van der Waals surface area contributed by atoms with Gasteiger partial charge in [-0.1, -0.05) is 12.1 Å². The molecule has 1 saturated carbocycles. The standard InChI is InChI=1S/C17H20N2O2/c1-12-3-4-13(2)17(19-11-21)16(12)9-14-5-7-15(8-6-14)18-10-20/h3-4,14-15H,5-9H2,1-2H3. The van der Waals surface area contributed by atoms with E-state index in [4.69, 9.17) is 0 Å². The smallest absolute Gasteiger partial charge is 0.211 e. The lowest BCUT2D eigenvalue weighted by Gasteiger charge is -2.26. The molecule has 4 nitrogen and oxygen atoms in total. The van der Waals surface area contributed by atoms with Gasteiger partial charge in [-0.3, -0.25) is 0 Å². The van der Waals surface area contributed by atoms with Crippen LogP contribution in [-0.2, 0) is 16.0 Å². The van der Waals surface area contributed by atoms with E-state index in [-0.39, 0.29) is 6.04 Å². The van der Waals surface area contributed by atoms with E-state index in [1.807, 2.05) is 13.0 Å². The van der Waals surface area contributed by atoms with Gasteiger partial charge in [-0.15, -0.1) is 0 Å². The zero-order valence-electron chi connectivity index (χ0n) is 12.6. The van der Waals surface area contributed by atoms with Crippen molar-refractivity contribution in [1.82, 2.24) is 0 Å². The van der Waals surface area contributed by atoms with Crippen molar-refractivity contribution in [2.24, 2.45) is 15.9 Å². The second-order valence-corrected chi connectivity index (χ2v) is 5.83. The fraction of sp³-hybridized carbons (Fsp3) is 0.529. The van der Waals surface area contributed by atoms with Gasteiger partial charge in [0.05, 0.1) is 11.7 Å². The Labute approximate surface area is 125 Å². The van der Waals surface area contributed by atoms with Crippen LogP contribution < -0.4 is 0 Å². The van der Waals surface area contributed by atoms with Gasteiger partial charge in [0.25, 0.3) is 0 Å². The molecule has 0 saturated heterocycles. The number of aryl methyl sites for hydroxylation is 2. The summed E-state index contributed by atoms with van der Waals surface area (Å²) < 4.78 is 0. The van der Waals surface area contributed by atoms with E-state index in [0.29, 0.717) is 5.92 Å². The molecule has 0 amide bonds. The van der Waals surface area contributed by atoms with E-state index < -0.39 is 0 Å². The summed E-state index contributed by atoms with van der Waals surface area (Å²) in [7, 11) is 0. The summed E-state index contributed by atoms with van der Waals surface area (Å²) in [6, 6.07) is 4.21. The van der Waals surface area contributed by atoms with Gasteiger partial charge in [-0.05, 0) is 68.6 Å². The third-order valence-electron chi connectivity index (χ3n) is 4.42. The van der Waals surface area contributed by atoms with E-state index in [1.165, 1.54) is 5.56 Å². The van der Waals surface area contributed by atoms with Crippen LogP contribution in [0.5, 0.6) is 0 Å². The topological polar surface area (TPSA) is 58.9 Å². The van der Waals surface area contributed by atoms with Crippen LogP contribution in [0.3, 0.4) is 0 Å². The van der Waals surface area contributed by atoms with Gasteiger partial charge < -0.3 is 0 Å². The zero-order valence-corrected chi connectivity index (χ0v) is 12.6. The van der Waals surface area contributed by atoms with Crippen LogP contribution in [0.25, 0.3) is 0 Å². The molecule has 0 bridgehead atoms. The minimum Gasteiger partial charge on any atom is -0.211 e. The first kappa shape index (κ1) is 15.4. The number of hydrogen-bond acceptors (Lipinski definition) is 4. The third kappa shape index (κ3) is 3.75. The van der Waals surface area contributed by atoms with Crippen molar-refractivity contribution in [2.45, 2.75) is 52.0 Å². The molecule has 1 aliphatic rings. The van der Waals surface area contributed by atoms with Crippen molar-refractivity contribution >= 4 is 17.8 Å². The number of isocyanates is 2. The maximum absolute atomic E-state index is 10.7. The van der Waals surface area contributed by atoms with Crippen molar-refractivity contribution in [3.05, 3.63) is 28.8 Å². The Bertz CT molecular complexity index is 603. The van der Waals surface area contributed by atoms with Crippen LogP contribution in [0.15, 0.2) is 22.1 Å². The van der Waals surface area contributed by atoms with E-state index in [0.717, 1.165) is 48.9 Å². The second-order valence-electron chi connectivity index (χ2n) is 5.83. The molecule has 0 heterocycles. The monoisotopic (exact) mass is 284 g/mol. The van der Waals surface area contributed by atoms with Crippen molar-refractivity contribution < 1.29 is 9.59 Å². The highest BCUT2D eigenvalue weighted by Gasteiger charge is 2.22. The van der Waals surface area contributed by atoms with Crippen molar-refractivity contribution in [2.75, 3.05) is 0 Å². The second kappa shape index (κ2) is 7.12. The van der Waals surface area contributed by atoms with E-state index >= 15 is 0 Å². The van der Waals surface area contributed by atoms with Crippen molar-refractivity contribution in [1.29, 1.82) is 0 Å². The summed E-state index contributed by atoms with van der Waals surface area (Å²) in [5, 5.41) is 0. The molecule has 21 heavy (non-hydrogen) atoms. The molecule has 0 aliphatic heterocycles. The summed E-state index contributed by atoms with van der Waals surface area (Å²) >= 11 is 0. The molecule has 1 aromatic rings. The number of rotatable bonds is 4. The van der Waals surface area contributed by atoms with Gasteiger partial charge in [0.15, 0.2) is 0 Å². The minimum atomic E-state index is 0.143.